The lowest BCUT2D eigenvalue weighted by Crippen LogP contribution is -2.44. The molecule has 1 saturated heterocycles. The minimum atomic E-state index is -0.812. The van der Waals surface area contributed by atoms with E-state index >= 15 is 0 Å². The third-order valence-electron chi connectivity index (χ3n) is 3.09. The van der Waals surface area contributed by atoms with Crippen molar-refractivity contribution in [2.45, 2.75) is 19.4 Å². The van der Waals surface area contributed by atoms with Crippen LogP contribution in [-0.4, -0.2) is 46.8 Å². The number of hydrogen-bond acceptors (Lipinski definition) is 5. The fourth-order valence-electron chi connectivity index (χ4n) is 2.23. The van der Waals surface area contributed by atoms with Crippen LogP contribution in [0.4, 0.5) is 5.82 Å². The van der Waals surface area contributed by atoms with E-state index in [2.05, 4.69) is 16.9 Å². The molecule has 1 aromatic heterocycles. The van der Waals surface area contributed by atoms with E-state index < -0.39 is 11.9 Å². The third kappa shape index (κ3) is 2.59. The molecule has 1 N–H and O–H groups in total. The van der Waals surface area contributed by atoms with Gasteiger partial charge in [0, 0.05) is 12.7 Å². The monoisotopic (exact) mass is 251 g/mol. The summed E-state index contributed by atoms with van der Waals surface area (Å²) in [5, 5.41) is 9.21. The SMILES string of the molecule is CCCN(c1ccncn1)C1COCC1C(=O)O. The summed E-state index contributed by atoms with van der Waals surface area (Å²) < 4.78 is 5.31. The molecule has 2 unspecified atom stereocenters. The molecular weight excluding hydrogens is 234 g/mol. The Kier molecular flexibility index (Phi) is 4.09. The maximum absolute atomic E-state index is 11.2. The predicted octanol–water partition coefficient (Wildman–Crippen LogP) is 0.793. The Hall–Kier alpha value is -1.69. The van der Waals surface area contributed by atoms with Crippen molar-refractivity contribution in [2.24, 2.45) is 5.92 Å². The molecule has 1 fully saturated rings. The second-order valence-electron chi connectivity index (χ2n) is 4.31. The smallest absolute Gasteiger partial charge is 0.311 e. The molecule has 0 bridgehead atoms. The Balaban J connectivity index is 2.22. The van der Waals surface area contributed by atoms with Crippen molar-refractivity contribution in [3.63, 3.8) is 0 Å². The number of ether oxygens (including phenoxy) is 1. The number of rotatable bonds is 5. The van der Waals surface area contributed by atoms with Crippen molar-refractivity contribution in [3.05, 3.63) is 18.6 Å². The topological polar surface area (TPSA) is 75.5 Å². The number of aromatic nitrogens is 2. The number of carboxylic acids is 1. The predicted molar refractivity (Wildman–Crippen MR) is 65.4 cm³/mol. The minimum absolute atomic E-state index is 0.155. The second kappa shape index (κ2) is 5.77. The zero-order chi connectivity index (χ0) is 13.0. The van der Waals surface area contributed by atoms with E-state index in [0.29, 0.717) is 6.61 Å². The van der Waals surface area contributed by atoms with Gasteiger partial charge in [0.1, 0.15) is 18.1 Å². The fraction of sp³-hybridized carbons (Fsp3) is 0.583. The van der Waals surface area contributed by atoms with Crippen molar-refractivity contribution in [1.82, 2.24) is 9.97 Å². The van der Waals surface area contributed by atoms with Gasteiger partial charge in [-0.2, -0.15) is 0 Å². The van der Waals surface area contributed by atoms with Crippen LogP contribution < -0.4 is 4.90 Å². The van der Waals surface area contributed by atoms with Crippen molar-refractivity contribution >= 4 is 11.8 Å². The van der Waals surface area contributed by atoms with Gasteiger partial charge in [-0.1, -0.05) is 6.92 Å². The molecular formula is C12H17N3O3. The first-order valence-electron chi connectivity index (χ1n) is 6.07. The molecule has 6 heteroatoms. The second-order valence-corrected chi connectivity index (χ2v) is 4.31. The van der Waals surface area contributed by atoms with E-state index in [9.17, 15) is 9.90 Å². The Labute approximate surface area is 106 Å². The Morgan fingerprint density at radius 1 is 1.61 bits per heavy atom. The number of nitrogens with zero attached hydrogens (tertiary/aromatic N) is 3. The lowest BCUT2D eigenvalue weighted by Gasteiger charge is -2.30. The van der Waals surface area contributed by atoms with E-state index in [4.69, 9.17) is 4.74 Å². The number of hydrogen-bond donors (Lipinski definition) is 1. The van der Waals surface area contributed by atoms with Crippen molar-refractivity contribution in [2.75, 3.05) is 24.7 Å². The van der Waals surface area contributed by atoms with Crippen LogP contribution in [0.25, 0.3) is 0 Å². The number of carboxylic acid groups (broad SMARTS) is 1. The van der Waals surface area contributed by atoms with Gasteiger partial charge in [0.05, 0.1) is 19.3 Å². The first-order chi connectivity index (χ1) is 8.74. The molecule has 0 radical (unpaired) electrons. The third-order valence-corrected chi connectivity index (χ3v) is 3.09. The number of anilines is 1. The molecule has 0 saturated carbocycles. The lowest BCUT2D eigenvalue weighted by atomic mass is 10.0. The quantitative estimate of drug-likeness (QED) is 0.834. The van der Waals surface area contributed by atoms with Crippen LogP contribution >= 0.6 is 0 Å². The van der Waals surface area contributed by atoms with Gasteiger partial charge in [-0.15, -0.1) is 0 Å². The van der Waals surface area contributed by atoms with E-state index in [1.54, 1.807) is 12.3 Å². The molecule has 1 aromatic rings. The van der Waals surface area contributed by atoms with Crippen LogP contribution in [0, 0.1) is 5.92 Å². The van der Waals surface area contributed by atoms with Gasteiger partial charge < -0.3 is 14.7 Å². The van der Waals surface area contributed by atoms with E-state index in [1.807, 2.05) is 4.90 Å². The fourth-order valence-corrected chi connectivity index (χ4v) is 2.23. The van der Waals surface area contributed by atoms with E-state index in [-0.39, 0.29) is 12.6 Å². The van der Waals surface area contributed by atoms with Crippen molar-refractivity contribution < 1.29 is 14.6 Å². The highest BCUT2D eigenvalue weighted by Crippen LogP contribution is 2.24. The summed E-state index contributed by atoms with van der Waals surface area (Å²) in [5.41, 5.74) is 0. The van der Waals surface area contributed by atoms with E-state index in [1.165, 1.54) is 6.33 Å². The summed E-state index contributed by atoms with van der Waals surface area (Å²) in [7, 11) is 0. The van der Waals surface area contributed by atoms with Gasteiger partial charge in [0.25, 0.3) is 0 Å². The highest BCUT2D eigenvalue weighted by molar-refractivity contribution is 5.72. The number of aliphatic carboxylic acids is 1. The maximum atomic E-state index is 11.2. The summed E-state index contributed by atoms with van der Waals surface area (Å²) in [6, 6.07) is 1.64. The average molecular weight is 251 g/mol. The molecule has 2 heterocycles. The van der Waals surface area contributed by atoms with Crippen LogP contribution in [0.5, 0.6) is 0 Å². The summed E-state index contributed by atoms with van der Waals surface area (Å²) >= 11 is 0. The largest absolute Gasteiger partial charge is 0.481 e. The van der Waals surface area contributed by atoms with E-state index in [0.717, 1.165) is 18.8 Å². The summed E-state index contributed by atoms with van der Waals surface area (Å²) in [6.45, 7) is 3.51. The Morgan fingerprint density at radius 3 is 3.06 bits per heavy atom. The zero-order valence-corrected chi connectivity index (χ0v) is 10.3. The van der Waals surface area contributed by atoms with Gasteiger partial charge in [-0.05, 0) is 12.5 Å². The summed E-state index contributed by atoms with van der Waals surface area (Å²) in [4.78, 5) is 21.3. The summed E-state index contributed by atoms with van der Waals surface area (Å²) in [6.07, 6.45) is 4.06. The van der Waals surface area contributed by atoms with Crippen LogP contribution in [-0.2, 0) is 9.53 Å². The molecule has 0 aliphatic carbocycles. The molecule has 2 rings (SSSR count). The molecule has 1 aliphatic heterocycles. The first-order valence-corrected chi connectivity index (χ1v) is 6.07. The average Bonchev–Trinajstić information content (AvgIpc) is 2.86. The van der Waals surface area contributed by atoms with Crippen molar-refractivity contribution in [3.8, 4) is 0 Å². The Morgan fingerprint density at radius 2 is 2.44 bits per heavy atom. The molecule has 0 spiro atoms. The van der Waals surface area contributed by atoms with Crippen LogP contribution in [0.1, 0.15) is 13.3 Å². The van der Waals surface area contributed by atoms with Crippen LogP contribution in [0.15, 0.2) is 18.6 Å². The summed E-state index contributed by atoms with van der Waals surface area (Å²) in [5.74, 6) is -0.548. The highest BCUT2D eigenvalue weighted by Gasteiger charge is 2.38. The molecule has 0 aromatic carbocycles. The maximum Gasteiger partial charge on any atom is 0.311 e. The van der Waals surface area contributed by atoms with Gasteiger partial charge in [0.2, 0.25) is 0 Å². The highest BCUT2D eigenvalue weighted by atomic mass is 16.5. The first kappa shape index (κ1) is 12.8. The molecule has 2 atom stereocenters. The molecule has 98 valence electrons. The van der Waals surface area contributed by atoms with Gasteiger partial charge in [-0.3, -0.25) is 4.79 Å². The lowest BCUT2D eigenvalue weighted by molar-refractivity contribution is -0.141. The Bertz CT molecular complexity index is 399. The normalized spacial score (nSPS) is 22.9. The van der Waals surface area contributed by atoms with Gasteiger partial charge in [-0.25, -0.2) is 9.97 Å². The minimum Gasteiger partial charge on any atom is -0.481 e. The van der Waals surface area contributed by atoms with Crippen LogP contribution in [0.2, 0.25) is 0 Å². The molecule has 0 amide bonds. The van der Waals surface area contributed by atoms with Crippen LogP contribution in [0.3, 0.4) is 0 Å². The molecule has 18 heavy (non-hydrogen) atoms. The standard InChI is InChI=1S/C12H17N3O3/c1-2-5-15(11-3-4-13-8-14-11)10-7-18-6-9(10)12(16)17/h3-4,8-10H,2,5-7H2,1H3,(H,16,17). The van der Waals surface area contributed by atoms with Crippen molar-refractivity contribution in [1.29, 1.82) is 0 Å². The number of carbonyl (C=O) groups is 1. The molecule has 1 aliphatic rings. The van der Waals surface area contributed by atoms with Gasteiger partial charge >= 0.3 is 5.97 Å². The van der Waals surface area contributed by atoms with Gasteiger partial charge in [0.15, 0.2) is 0 Å². The molecule has 6 nitrogen and oxygen atoms in total. The zero-order valence-electron chi connectivity index (χ0n) is 10.3.